The Morgan fingerprint density at radius 1 is 1.05 bits per heavy atom. The summed E-state index contributed by atoms with van der Waals surface area (Å²) in [5.41, 5.74) is 2.37. The fourth-order valence-corrected chi connectivity index (χ4v) is 7.74. The summed E-state index contributed by atoms with van der Waals surface area (Å²) in [6.07, 6.45) is 0. The second-order valence-corrected chi connectivity index (χ2v) is 12.0. The molecule has 1 saturated heterocycles. The van der Waals surface area contributed by atoms with E-state index in [0.29, 0.717) is 26.9 Å². The summed E-state index contributed by atoms with van der Waals surface area (Å²) in [6, 6.07) is 19.5. The number of nitro groups is 1. The fourth-order valence-electron chi connectivity index (χ4n) is 5.22. The van der Waals surface area contributed by atoms with Crippen LogP contribution in [0, 0.1) is 23.0 Å². The number of hydrogen-bond donors (Lipinski definition) is 2. The lowest BCUT2D eigenvalue weighted by Gasteiger charge is -2.30. The van der Waals surface area contributed by atoms with Crippen molar-refractivity contribution < 1.29 is 24.0 Å². The van der Waals surface area contributed by atoms with Gasteiger partial charge in [0.25, 0.3) is 11.6 Å². The van der Waals surface area contributed by atoms with Crippen molar-refractivity contribution in [3.63, 3.8) is 0 Å². The van der Waals surface area contributed by atoms with E-state index in [2.05, 4.69) is 10.3 Å². The van der Waals surface area contributed by atoms with Crippen LogP contribution < -0.4 is 19.8 Å². The molecule has 1 fully saturated rings. The number of non-ortho nitro benzene ring substituents is 1. The Bertz CT molecular complexity index is 1800. The maximum Gasteiger partial charge on any atom is 0.305 e. The molecular weight excluding hydrogens is 580 g/mol. The Kier molecular flexibility index (Phi) is 7.12. The van der Waals surface area contributed by atoms with E-state index in [-0.39, 0.29) is 28.8 Å². The number of benzene rings is 3. The number of H-pyrrole nitrogens is 1. The zero-order valence-corrected chi connectivity index (χ0v) is 23.6. The third-order valence-electron chi connectivity index (χ3n) is 7.03. The minimum absolute atomic E-state index is 0.161. The van der Waals surface area contributed by atoms with Crippen LogP contribution in [0.2, 0.25) is 0 Å². The molecule has 2 aliphatic rings. The van der Waals surface area contributed by atoms with Gasteiger partial charge in [-0.15, -0.1) is 0 Å². The van der Waals surface area contributed by atoms with Crippen LogP contribution in [0.4, 0.5) is 17.1 Å². The van der Waals surface area contributed by atoms with E-state index < -0.39 is 33.8 Å². The van der Waals surface area contributed by atoms with Crippen molar-refractivity contribution >= 4 is 57.9 Å². The van der Waals surface area contributed by atoms with Gasteiger partial charge in [-0.1, -0.05) is 47.4 Å². The number of imide groups is 1. The van der Waals surface area contributed by atoms with Gasteiger partial charge in [-0.3, -0.25) is 29.3 Å². The van der Waals surface area contributed by atoms with Crippen molar-refractivity contribution in [3.05, 3.63) is 109 Å². The average Bonchev–Trinajstić information content (AvgIpc) is 3.46. The summed E-state index contributed by atoms with van der Waals surface area (Å²) in [6.45, 7) is 1.67. The summed E-state index contributed by atoms with van der Waals surface area (Å²) < 4.78 is 5.77. The molecule has 0 aliphatic carbocycles. The number of rotatable bonds is 7. The molecule has 0 spiro atoms. The number of thiazole rings is 1. The Hall–Kier alpha value is -4.75. The van der Waals surface area contributed by atoms with E-state index in [0.717, 1.165) is 33.6 Å². The first-order chi connectivity index (χ1) is 20.2. The quantitative estimate of drug-likeness (QED) is 0.179. The molecule has 3 heterocycles. The highest BCUT2D eigenvalue weighted by atomic mass is 32.2. The number of carbonyl (C=O) groups is 3. The molecule has 6 rings (SSSR count). The molecule has 4 aromatic rings. The van der Waals surface area contributed by atoms with Crippen LogP contribution in [0.3, 0.4) is 0 Å². The van der Waals surface area contributed by atoms with Gasteiger partial charge in [0.1, 0.15) is 11.0 Å². The maximum atomic E-state index is 13.9. The molecule has 3 aromatic carbocycles. The van der Waals surface area contributed by atoms with Crippen molar-refractivity contribution in [1.82, 2.24) is 4.98 Å². The summed E-state index contributed by atoms with van der Waals surface area (Å²) in [4.78, 5) is 67.0. The number of carbonyl (C=O) groups excluding carboxylic acids is 3. The predicted molar refractivity (Wildman–Crippen MR) is 157 cm³/mol. The van der Waals surface area contributed by atoms with Crippen LogP contribution in [-0.2, 0) is 14.4 Å². The van der Waals surface area contributed by atoms with Crippen molar-refractivity contribution in [2.45, 2.75) is 23.1 Å². The number of thioether (sulfide) groups is 1. The van der Waals surface area contributed by atoms with Crippen LogP contribution in [0.25, 0.3) is 0 Å². The summed E-state index contributed by atoms with van der Waals surface area (Å²) in [7, 11) is 0. The van der Waals surface area contributed by atoms with E-state index in [1.165, 1.54) is 24.3 Å². The maximum absolute atomic E-state index is 13.9. The number of aryl methyl sites for hydroxylation is 1. The molecular formula is C29H22N4O7S2. The fraction of sp³-hybridized carbons (Fsp3) is 0.172. The van der Waals surface area contributed by atoms with Crippen LogP contribution >= 0.6 is 23.1 Å². The molecule has 0 radical (unpaired) electrons. The van der Waals surface area contributed by atoms with Crippen molar-refractivity contribution in [2.24, 2.45) is 5.92 Å². The number of aromatic nitrogens is 1. The smallest absolute Gasteiger partial charge is 0.305 e. The van der Waals surface area contributed by atoms with Gasteiger partial charge in [0, 0.05) is 28.6 Å². The van der Waals surface area contributed by atoms with Gasteiger partial charge in [-0.25, -0.2) is 4.90 Å². The molecule has 212 valence electrons. The number of nitrogens with one attached hydrogen (secondary N) is 2. The van der Waals surface area contributed by atoms with Crippen molar-refractivity contribution in [3.8, 4) is 5.75 Å². The van der Waals surface area contributed by atoms with Crippen LogP contribution in [0.5, 0.6) is 5.75 Å². The van der Waals surface area contributed by atoms with Gasteiger partial charge in [0.15, 0.2) is 6.61 Å². The normalized spacial score (nSPS) is 19.3. The summed E-state index contributed by atoms with van der Waals surface area (Å²) in [5, 5.41) is 13.6. The van der Waals surface area contributed by atoms with E-state index in [4.69, 9.17) is 4.74 Å². The number of anilines is 2. The first kappa shape index (κ1) is 27.4. The SMILES string of the molecule is Cc1cccc(NC(=O)COc2cccc(C3c4sc(=O)[nH]c4SC4C(=O)N(c5ccc([N+](=O)[O-])cc5)C(=O)C43)c2)c1. The Labute approximate surface area is 246 Å². The van der Waals surface area contributed by atoms with E-state index in [1.807, 2.05) is 25.1 Å². The largest absolute Gasteiger partial charge is 0.484 e. The summed E-state index contributed by atoms with van der Waals surface area (Å²) in [5.74, 6) is -2.37. The van der Waals surface area contributed by atoms with E-state index in [1.54, 1.807) is 30.3 Å². The first-order valence-electron chi connectivity index (χ1n) is 12.8. The van der Waals surface area contributed by atoms with Gasteiger partial charge in [0.05, 0.1) is 21.6 Å². The zero-order chi connectivity index (χ0) is 29.5. The lowest BCUT2D eigenvalue weighted by atomic mass is 9.83. The number of ether oxygens (including phenoxy) is 1. The molecule has 1 aromatic heterocycles. The Balaban J connectivity index is 1.28. The molecule has 3 atom stereocenters. The molecule has 3 amide bonds. The average molecular weight is 603 g/mol. The van der Waals surface area contributed by atoms with Crippen LogP contribution in [0.1, 0.15) is 21.9 Å². The molecule has 2 aliphatic heterocycles. The lowest BCUT2D eigenvalue weighted by Crippen LogP contribution is -2.32. The monoisotopic (exact) mass is 602 g/mol. The number of fused-ring (bicyclic) bond motifs is 2. The number of nitrogens with zero attached hydrogens (tertiary/aromatic N) is 2. The second-order valence-electron chi connectivity index (χ2n) is 9.81. The topological polar surface area (TPSA) is 152 Å². The standard InChI is InChI=1S/C29H22N4O7S2/c1-15-4-2-6-17(12-15)30-21(34)14-40-20-7-3-5-16(13-20)22-23-25(41-26-24(22)42-29(37)31-26)28(36)32(27(23)35)18-8-10-19(11-9-18)33(38)39/h2-13,22-23,25H,14H2,1H3,(H,30,34)(H,31,37). The van der Waals surface area contributed by atoms with Gasteiger partial charge in [-0.2, -0.15) is 0 Å². The van der Waals surface area contributed by atoms with Crippen molar-refractivity contribution in [1.29, 1.82) is 0 Å². The lowest BCUT2D eigenvalue weighted by molar-refractivity contribution is -0.384. The van der Waals surface area contributed by atoms with Gasteiger partial charge >= 0.3 is 4.87 Å². The molecule has 2 N–H and O–H groups in total. The van der Waals surface area contributed by atoms with Crippen LogP contribution in [0.15, 0.2) is 82.6 Å². The minimum Gasteiger partial charge on any atom is -0.484 e. The first-order valence-corrected chi connectivity index (χ1v) is 14.5. The van der Waals surface area contributed by atoms with Gasteiger partial charge < -0.3 is 15.0 Å². The van der Waals surface area contributed by atoms with E-state index >= 15 is 0 Å². The number of hydrogen-bond acceptors (Lipinski definition) is 9. The highest BCUT2D eigenvalue weighted by Gasteiger charge is 2.56. The minimum atomic E-state index is -0.837. The van der Waals surface area contributed by atoms with E-state index in [9.17, 15) is 29.3 Å². The summed E-state index contributed by atoms with van der Waals surface area (Å²) >= 11 is 2.12. The Morgan fingerprint density at radius 3 is 2.55 bits per heavy atom. The van der Waals surface area contributed by atoms with Crippen LogP contribution in [-0.4, -0.2) is 39.5 Å². The molecule has 11 nitrogen and oxygen atoms in total. The molecule has 3 unspecified atom stereocenters. The van der Waals surface area contributed by atoms with Gasteiger partial charge in [-0.05, 0) is 54.4 Å². The highest BCUT2D eigenvalue weighted by molar-refractivity contribution is 8.00. The third-order valence-corrected chi connectivity index (χ3v) is 9.43. The number of nitro benzene ring substituents is 1. The molecule has 42 heavy (non-hydrogen) atoms. The van der Waals surface area contributed by atoms with Crippen molar-refractivity contribution in [2.75, 3.05) is 16.8 Å². The zero-order valence-electron chi connectivity index (χ0n) is 21.9. The third kappa shape index (κ3) is 5.08. The second kappa shape index (κ2) is 10.9. The molecule has 0 saturated carbocycles. The Morgan fingerprint density at radius 2 is 1.81 bits per heavy atom. The van der Waals surface area contributed by atoms with Gasteiger partial charge in [0.2, 0.25) is 11.8 Å². The predicted octanol–water partition coefficient (Wildman–Crippen LogP) is 4.47. The number of amides is 3. The number of aromatic amines is 1. The molecule has 0 bridgehead atoms. The molecule has 13 heteroatoms. The highest BCUT2D eigenvalue weighted by Crippen LogP contribution is 2.53.